The third-order valence-corrected chi connectivity index (χ3v) is 6.30. The van der Waals surface area contributed by atoms with Crippen LogP contribution in [0.1, 0.15) is 48.9 Å². The smallest absolute Gasteiger partial charge is 0.187 e. The van der Waals surface area contributed by atoms with Gasteiger partial charge in [0.15, 0.2) is 12.3 Å². The van der Waals surface area contributed by atoms with E-state index in [2.05, 4.69) is 64.3 Å². The maximum Gasteiger partial charge on any atom is 0.187 e. The largest absolute Gasteiger partial charge is 0.358 e. The summed E-state index contributed by atoms with van der Waals surface area (Å²) in [6.07, 6.45) is 3.87. The summed E-state index contributed by atoms with van der Waals surface area (Å²) in [7, 11) is 2.09. The van der Waals surface area contributed by atoms with Crippen LogP contribution in [0.5, 0.6) is 0 Å². The van der Waals surface area contributed by atoms with Crippen LogP contribution in [0.4, 0.5) is 15.3 Å². The van der Waals surface area contributed by atoms with Crippen molar-refractivity contribution in [2.75, 3.05) is 17.3 Å². The minimum atomic E-state index is -0.0537. The summed E-state index contributed by atoms with van der Waals surface area (Å²) < 4.78 is 16.0. The average molecular weight is 425 g/mol. The van der Waals surface area contributed by atoms with Crippen molar-refractivity contribution >= 4 is 39.6 Å². The van der Waals surface area contributed by atoms with E-state index in [9.17, 15) is 3.89 Å². The molecule has 0 amide bonds. The molecule has 0 saturated carbocycles. The Bertz CT molecular complexity index is 822. The van der Waals surface area contributed by atoms with Gasteiger partial charge < -0.3 is 10.2 Å². The van der Waals surface area contributed by atoms with Gasteiger partial charge >= 0.3 is 0 Å². The standard InChI is InChI=1S/C18H22BrFN4S/c1-4-11-8-12(19)9-14-17(11)23(3)18(21-14)16-13-7-10(2)5-6-15(13)24(22-16)25-20/h8-10,18,21H,4-7H2,1-3H3. The molecular weight excluding hydrogens is 403 g/mol. The molecule has 7 heteroatoms. The molecule has 2 atom stereocenters. The molecule has 1 N–H and O–H groups in total. The molecule has 0 radical (unpaired) electrons. The molecular formula is C18H22BrFN4S. The first-order chi connectivity index (χ1) is 12.0. The Hall–Kier alpha value is -1.21. The van der Waals surface area contributed by atoms with Gasteiger partial charge in [0.1, 0.15) is 11.9 Å². The summed E-state index contributed by atoms with van der Waals surface area (Å²) in [6.45, 7) is 4.43. The SMILES string of the molecule is CCc1cc(Br)cc2c1N(C)C(c1nn(SF)c3c1CC(C)CC3)N2. The van der Waals surface area contributed by atoms with Gasteiger partial charge in [-0.1, -0.05) is 29.8 Å². The number of nitrogens with one attached hydrogen (secondary N) is 1. The summed E-state index contributed by atoms with van der Waals surface area (Å²) >= 11 is 3.82. The van der Waals surface area contributed by atoms with Crippen LogP contribution >= 0.6 is 28.3 Å². The summed E-state index contributed by atoms with van der Waals surface area (Å²) in [6, 6.07) is 4.29. The molecule has 0 bridgehead atoms. The predicted molar refractivity (Wildman–Crippen MR) is 106 cm³/mol. The molecule has 0 fully saturated rings. The van der Waals surface area contributed by atoms with E-state index < -0.39 is 0 Å². The van der Waals surface area contributed by atoms with Crippen molar-refractivity contribution in [3.8, 4) is 0 Å². The second kappa shape index (κ2) is 6.50. The first-order valence-corrected chi connectivity index (χ1v) is 10.2. The van der Waals surface area contributed by atoms with Crippen molar-refractivity contribution in [1.29, 1.82) is 0 Å². The number of fused-ring (bicyclic) bond motifs is 2. The van der Waals surface area contributed by atoms with Gasteiger partial charge in [0.05, 0.1) is 17.1 Å². The fourth-order valence-electron chi connectivity index (χ4n) is 4.14. The summed E-state index contributed by atoms with van der Waals surface area (Å²) in [5, 5.41) is 8.23. The molecule has 25 heavy (non-hydrogen) atoms. The normalized spacial score (nSPS) is 21.9. The van der Waals surface area contributed by atoms with Crippen molar-refractivity contribution in [2.24, 2.45) is 5.92 Å². The van der Waals surface area contributed by atoms with E-state index in [1.807, 2.05) is 0 Å². The van der Waals surface area contributed by atoms with Crippen molar-refractivity contribution in [3.05, 3.63) is 39.1 Å². The summed E-state index contributed by atoms with van der Waals surface area (Å²) in [4.78, 5) is 2.25. The molecule has 0 saturated heterocycles. The van der Waals surface area contributed by atoms with E-state index in [1.54, 1.807) is 0 Å². The molecule has 134 valence electrons. The second-order valence-corrected chi connectivity index (χ2v) is 8.47. The van der Waals surface area contributed by atoms with Crippen molar-refractivity contribution < 1.29 is 3.89 Å². The number of halogens is 2. The van der Waals surface area contributed by atoms with E-state index in [0.29, 0.717) is 5.92 Å². The Morgan fingerprint density at radius 1 is 1.44 bits per heavy atom. The first kappa shape index (κ1) is 17.2. The van der Waals surface area contributed by atoms with Gasteiger partial charge in [0.2, 0.25) is 0 Å². The molecule has 0 spiro atoms. The molecule has 1 aromatic carbocycles. The van der Waals surface area contributed by atoms with Gasteiger partial charge in [-0.25, -0.2) is 0 Å². The topological polar surface area (TPSA) is 33.1 Å². The van der Waals surface area contributed by atoms with Crippen LogP contribution in [0.25, 0.3) is 0 Å². The van der Waals surface area contributed by atoms with Crippen LogP contribution in [0.15, 0.2) is 16.6 Å². The molecule has 2 aliphatic rings. The monoisotopic (exact) mass is 424 g/mol. The number of rotatable bonds is 3. The zero-order valence-electron chi connectivity index (χ0n) is 14.6. The Labute approximate surface area is 160 Å². The van der Waals surface area contributed by atoms with Gasteiger partial charge in [0, 0.05) is 17.1 Å². The van der Waals surface area contributed by atoms with Gasteiger partial charge in [0.25, 0.3) is 0 Å². The fourth-order valence-corrected chi connectivity index (χ4v) is 5.05. The number of hydrogen-bond donors (Lipinski definition) is 1. The van der Waals surface area contributed by atoms with E-state index >= 15 is 0 Å². The third kappa shape index (κ3) is 2.76. The van der Waals surface area contributed by atoms with Crippen LogP contribution < -0.4 is 10.2 Å². The zero-order valence-corrected chi connectivity index (χ0v) is 17.0. The highest BCUT2D eigenvalue weighted by atomic mass is 79.9. The molecule has 2 heterocycles. The molecule has 1 aliphatic carbocycles. The number of benzene rings is 1. The number of aryl methyl sites for hydroxylation is 1. The average Bonchev–Trinajstić information content (AvgIpc) is 3.11. The van der Waals surface area contributed by atoms with Crippen LogP contribution in [-0.2, 0) is 19.3 Å². The maximum absolute atomic E-state index is 13.4. The molecule has 1 aromatic heterocycles. The van der Waals surface area contributed by atoms with Gasteiger partial charge in [-0.3, -0.25) is 0 Å². The van der Waals surface area contributed by atoms with Gasteiger partial charge in [-0.05, 0) is 49.3 Å². The second-order valence-electron chi connectivity index (χ2n) is 7.07. The lowest BCUT2D eigenvalue weighted by Gasteiger charge is -2.25. The van der Waals surface area contributed by atoms with E-state index in [4.69, 9.17) is 0 Å². The van der Waals surface area contributed by atoms with Crippen molar-refractivity contribution in [3.63, 3.8) is 0 Å². The highest BCUT2D eigenvalue weighted by Gasteiger charge is 2.36. The van der Waals surface area contributed by atoms with Crippen LogP contribution in [0.2, 0.25) is 0 Å². The van der Waals surface area contributed by atoms with E-state index in [-0.39, 0.29) is 18.5 Å². The Kier molecular flexibility index (Phi) is 4.48. The Morgan fingerprint density at radius 2 is 2.24 bits per heavy atom. The Balaban J connectivity index is 1.78. The third-order valence-electron chi connectivity index (χ3n) is 5.40. The lowest BCUT2D eigenvalue weighted by Crippen LogP contribution is -2.26. The van der Waals surface area contributed by atoms with Crippen molar-refractivity contribution in [1.82, 2.24) is 9.19 Å². The van der Waals surface area contributed by atoms with Crippen molar-refractivity contribution in [2.45, 2.75) is 45.7 Å². The lowest BCUT2D eigenvalue weighted by atomic mass is 9.87. The Morgan fingerprint density at radius 3 is 2.96 bits per heavy atom. The minimum absolute atomic E-state index is 0.0537. The molecule has 4 nitrogen and oxygen atoms in total. The molecule has 2 unspecified atom stereocenters. The van der Waals surface area contributed by atoms with Crippen LogP contribution in [-0.4, -0.2) is 16.2 Å². The van der Waals surface area contributed by atoms with E-state index in [0.717, 1.165) is 47.2 Å². The molecule has 4 rings (SSSR count). The van der Waals surface area contributed by atoms with Crippen LogP contribution in [0.3, 0.4) is 0 Å². The van der Waals surface area contributed by atoms with Gasteiger partial charge in [-0.2, -0.15) is 9.19 Å². The maximum atomic E-state index is 13.4. The quantitative estimate of drug-likeness (QED) is 0.726. The summed E-state index contributed by atoms with van der Waals surface area (Å²) in [5.41, 5.74) is 6.85. The summed E-state index contributed by atoms with van der Waals surface area (Å²) in [5.74, 6) is 0.614. The minimum Gasteiger partial charge on any atom is -0.358 e. The number of aromatic nitrogens is 2. The zero-order chi connectivity index (χ0) is 17.7. The first-order valence-electron chi connectivity index (χ1n) is 8.75. The predicted octanol–water partition coefficient (Wildman–Crippen LogP) is 5.27. The fraction of sp³-hybridized carbons (Fsp3) is 0.500. The number of hydrogen-bond acceptors (Lipinski definition) is 4. The number of nitrogens with zero attached hydrogens (tertiary/aromatic N) is 3. The number of anilines is 2. The molecule has 1 aliphatic heterocycles. The van der Waals surface area contributed by atoms with Crippen LogP contribution in [0, 0.1) is 5.92 Å². The molecule has 2 aromatic rings. The lowest BCUT2D eigenvalue weighted by molar-refractivity contribution is 0.492. The highest BCUT2D eigenvalue weighted by molar-refractivity contribution is 9.10. The van der Waals surface area contributed by atoms with Gasteiger partial charge in [-0.15, -0.1) is 3.89 Å². The van der Waals surface area contributed by atoms with E-state index in [1.165, 1.54) is 20.9 Å². The highest BCUT2D eigenvalue weighted by Crippen LogP contribution is 2.46.